The van der Waals surface area contributed by atoms with Crippen LogP contribution in [0.1, 0.15) is 46.7 Å². The Kier molecular flexibility index (Phi) is 3.29. The third-order valence-corrected chi connectivity index (χ3v) is 2.21. The molecule has 80 valence electrons. The summed E-state index contributed by atoms with van der Waals surface area (Å²) in [6, 6.07) is 0. The van der Waals surface area contributed by atoms with E-state index in [9.17, 15) is 0 Å². The molecule has 0 aliphatic rings. The smallest absolute Gasteiger partial charge is 0.0827 e. The van der Waals surface area contributed by atoms with E-state index in [1.165, 1.54) is 6.42 Å². The lowest BCUT2D eigenvalue weighted by molar-refractivity contribution is 0.347. The Labute approximate surface area is 86.5 Å². The molecule has 3 heteroatoms. The van der Waals surface area contributed by atoms with Crippen molar-refractivity contribution in [3.8, 4) is 0 Å². The van der Waals surface area contributed by atoms with Crippen molar-refractivity contribution in [2.24, 2.45) is 5.92 Å². The first kappa shape index (κ1) is 11.2. The van der Waals surface area contributed by atoms with Crippen molar-refractivity contribution < 1.29 is 0 Å². The van der Waals surface area contributed by atoms with Crippen LogP contribution in [0.2, 0.25) is 0 Å². The summed E-state index contributed by atoms with van der Waals surface area (Å²) in [7, 11) is 0. The van der Waals surface area contributed by atoms with Gasteiger partial charge in [0.2, 0.25) is 0 Å². The second-order valence-electron chi connectivity index (χ2n) is 5.26. The topological polar surface area (TPSA) is 30.7 Å². The maximum atomic E-state index is 4.17. The van der Waals surface area contributed by atoms with E-state index in [0.29, 0.717) is 0 Å². The highest BCUT2D eigenvalue weighted by Gasteiger charge is 2.14. The maximum Gasteiger partial charge on any atom is 0.0827 e. The Morgan fingerprint density at radius 3 is 2.43 bits per heavy atom. The summed E-state index contributed by atoms with van der Waals surface area (Å²) < 4.78 is 1.93. The Balaban J connectivity index is 2.60. The summed E-state index contributed by atoms with van der Waals surface area (Å²) in [6.45, 7) is 10.9. The minimum atomic E-state index is 0.0447. The van der Waals surface area contributed by atoms with Gasteiger partial charge in [0.25, 0.3) is 0 Å². The summed E-state index contributed by atoms with van der Waals surface area (Å²) in [5.41, 5.74) is 1.15. The van der Waals surface area contributed by atoms with E-state index in [1.807, 2.05) is 4.68 Å². The van der Waals surface area contributed by atoms with Crippen LogP contribution < -0.4 is 0 Å². The van der Waals surface area contributed by atoms with Crippen LogP contribution in [0.25, 0.3) is 0 Å². The standard InChI is InChI=1S/C11H21N3/c1-9(2)6-7-10-8-14(13-12-10)11(3,4)5/h8-9H,6-7H2,1-5H3. The molecule has 0 radical (unpaired) electrons. The van der Waals surface area contributed by atoms with Gasteiger partial charge in [-0.1, -0.05) is 19.1 Å². The fraction of sp³-hybridized carbons (Fsp3) is 0.818. The van der Waals surface area contributed by atoms with Gasteiger partial charge in [0.15, 0.2) is 0 Å². The van der Waals surface area contributed by atoms with E-state index in [-0.39, 0.29) is 5.54 Å². The van der Waals surface area contributed by atoms with E-state index >= 15 is 0 Å². The lowest BCUT2D eigenvalue weighted by Crippen LogP contribution is -2.22. The Bertz CT molecular complexity index is 281. The number of hydrogen-bond donors (Lipinski definition) is 0. The molecule has 0 aliphatic carbocycles. The van der Waals surface area contributed by atoms with Crippen molar-refractivity contribution in [1.82, 2.24) is 15.0 Å². The van der Waals surface area contributed by atoms with Crippen LogP contribution in [0.3, 0.4) is 0 Å². The van der Waals surface area contributed by atoms with Crippen LogP contribution in [-0.2, 0) is 12.0 Å². The molecule has 0 unspecified atom stereocenters. The molecule has 14 heavy (non-hydrogen) atoms. The van der Waals surface area contributed by atoms with Gasteiger partial charge in [0, 0.05) is 6.20 Å². The summed E-state index contributed by atoms with van der Waals surface area (Å²) in [6.07, 6.45) is 4.28. The third kappa shape index (κ3) is 3.13. The number of aryl methyl sites for hydroxylation is 1. The molecule has 0 aliphatic heterocycles. The van der Waals surface area contributed by atoms with Crippen molar-refractivity contribution in [1.29, 1.82) is 0 Å². The number of aromatic nitrogens is 3. The van der Waals surface area contributed by atoms with Gasteiger partial charge < -0.3 is 0 Å². The molecule has 0 atom stereocenters. The van der Waals surface area contributed by atoms with Gasteiger partial charge in [-0.2, -0.15) is 0 Å². The zero-order valence-corrected chi connectivity index (χ0v) is 9.91. The molecule has 0 bridgehead atoms. The number of hydrogen-bond acceptors (Lipinski definition) is 2. The predicted molar refractivity (Wildman–Crippen MR) is 58.2 cm³/mol. The molecule has 0 N–H and O–H groups in total. The van der Waals surface area contributed by atoms with Gasteiger partial charge >= 0.3 is 0 Å². The van der Waals surface area contributed by atoms with Crippen molar-refractivity contribution in [2.75, 3.05) is 0 Å². The summed E-state index contributed by atoms with van der Waals surface area (Å²) in [5.74, 6) is 0.731. The lowest BCUT2D eigenvalue weighted by atomic mass is 10.1. The Morgan fingerprint density at radius 2 is 2.00 bits per heavy atom. The van der Waals surface area contributed by atoms with Gasteiger partial charge in [0.05, 0.1) is 11.2 Å². The average molecular weight is 195 g/mol. The first-order valence-electron chi connectivity index (χ1n) is 5.31. The molecule has 0 amide bonds. The van der Waals surface area contributed by atoms with Crippen LogP contribution in [0.15, 0.2) is 6.20 Å². The van der Waals surface area contributed by atoms with Crippen LogP contribution >= 0.6 is 0 Å². The highest BCUT2D eigenvalue weighted by atomic mass is 15.4. The molecule has 0 saturated heterocycles. The lowest BCUT2D eigenvalue weighted by Gasteiger charge is -2.17. The monoisotopic (exact) mass is 195 g/mol. The molecule has 3 nitrogen and oxygen atoms in total. The van der Waals surface area contributed by atoms with Gasteiger partial charge in [-0.05, 0) is 39.5 Å². The maximum absolute atomic E-state index is 4.17. The van der Waals surface area contributed by atoms with Crippen molar-refractivity contribution in [3.05, 3.63) is 11.9 Å². The van der Waals surface area contributed by atoms with E-state index in [1.54, 1.807) is 0 Å². The Hall–Kier alpha value is -0.860. The molecule has 1 aromatic heterocycles. The largest absolute Gasteiger partial charge is 0.247 e. The molecule has 0 aromatic carbocycles. The molecule has 1 aromatic rings. The second-order valence-corrected chi connectivity index (χ2v) is 5.26. The normalized spacial score (nSPS) is 12.4. The quantitative estimate of drug-likeness (QED) is 0.742. The van der Waals surface area contributed by atoms with Gasteiger partial charge in [-0.25, -0.2) is 4.68 Å². The second kappa shape index (κ2) is 4.11. The zero-order chi connectivity index (χ0) is 10.8. The van der Waals surface area contributed by atoms with Crippen LogP contribution in [0.5, 0.6) is 0 Å². The molecule has 0 spiro atoms. The minimum absolute atomic E-state index is 0.0447. The Morgan fingerprint density at radius 1 is 1.36 bits per heavy atom. The first-order chi connectivity index (χ1) is 6.39. The molecule has 1 rings (SSSR count). The number of rotatable bonds is 3. The van der Waals surface area contributed by atoms with Crippen molar-refractivity contribution in [2.45, 2.75) is 53.0 Å². The summed E-state index contributed by atoms with van der Waals surface area (Å²) in [5, 5.41) is 8.30. The molecular weight excluding hydrogens is 174 g/mol. The summed E-state index contributed by atoms with van der Waals surface area (Å²) >= 11 is 0. The fourth-order valence-corrected chi connectivity index (χ4v) is 1.18. The summed E-state index contributed by atoms with van der Waals surface area (Å²) in [4.78, 5) is 0. The predicted octanol–water partition coefficient (Wildman–Crippen LogP) is 2.62. The fourth-order valence-electron chi connectivity index (χ4n) is 1.18. The molecule has 0 fully saturated rings. The molecule has 0 saturated carbocycles. The third-order valence-electron chi connectivity index (χ3n) is 2.21. The van der Waals surface area contributed by atoms with E-state index < -0.39 is 0 Å². The van der Waals surface area contributed by atoms with Crippen LogP contribution in [0, 0.1) is 5.92 Å². The van der Waals surface area contributed by atoms with E-state index in [0.717, 1.165) is 18.0 Å². The van der Waals surface area contributed by atoms with Gasteiger partial charge in [0.1, 0.15) is 0 Å². The van der Waals surface area contributed by atoms with Gasteiger partial charge in [-0.15, -0.1) is 5.10 Å². The zero-order valence-electron chi connectivity index (χ0n) is 9.91. The average Bonchev–Trinajstić information content (AvgIpc) is 2.47. The van der Waals surface area contributed by atoms with Crippen molar-refractivity contribution in [3.63, 3.8) is 0 Å². The highest BCUT2D eigenvalue weighted by Crippen LogP contribution is 2.13. The number of nitrogens with zero attached hydrogens (tertiary/aromatic N) is 3. The van der Waals surface area contributed by atoms with Crippen LogP contribution in [0.4, 0.5) is 0 Å². The highest BCUT2D eigenvalue weighted by molar-refractivity contribution is 4.94. The van der Waals surface area contributed by atoms with Crippen molar-refractivity contribution >= 4 is 0 Å². The minimum Gasteiger partial charge on any atom is -0.247 e. The van der Waals surface area contributed by atoms with Gasteiger partial charge in [-0.3, -0.25) is 0 Å². The molecule has 1 heterocycles. The van der Waals surface area contributed by atoms with Crippen LogP contribution in [-0.4, -0.2) is 15.0 Å². The SMILES string of the molecule is CC(C)CCc1cn(C(C)(C)C)nn1. The van der Waals surface area contributed by atoms with E-state index in [4.69, 9.17) is 0 Å². The molecular formula is C11H21N3. The first-order valence-corrected chi connectivity index (χ1v) is 5.31. The van der Waals surface area contributed by atoms with E-state index in [2.05, 4.69) is 51.1 Å².